The molecule has 8 heteroatoms. The number of hydrogen-bond acceptors (Lipinski definition) is 4. The molecule has 0 aliphatic carbocycles. The average molecular weight is 339 g/mol. The molecule has 7 nitrogen and oxygen atoms in total. The fourth-order valence-electron chi connectivity index (χ4n) is 2.23. The number of benzene rings is 1. The molecule has 1 aromatic carbocycles. The minimum absolute atomic E-state index is 0.0495. The Bertz CT molecular complexity index is 880. The van der Waals surface area contributed by atoms with Crippen LogP contribution in [0.1, 0.15) is 33.6 Å². The number of carbonyl (C=O) groups excluding carboxylic acids is 1. The zero-order valence-electron chi connectivity index (χ0n) is 13.4. The lowest BCUT2D eigenvalue weighted by atomic mass is 10.1. The molecular formula is C15H21N3O4S. The number of imidazole rings is 1. The van der Waals surface area contributed by atoms with Crippen LogP contribution in [0.2, 0.25) is 0 Å². The van der Waals surface area contributed by atoms with E-state index in [1.165, 1.54) is 12.1 Å². The van der Waals surface area contributed by atoms with E-state index in [4.69, 9.17) is 0 Å². The third-order valence-electron chi connectivity index (χ3n) is 3.80. The lowest BCUT2D eigenvalue weighted by Crippen LogP contribution is -2.34. The Morgan fingerprint density at radius 1 is 1.35 bits per heavy atom. The number of aromatic nitrogens is 2. The zero-order chi connectivity index (χ0) is 17.2. The summed E-state index contributed by atoms with van der Waals surface area (Å²) in [5.74, 6) is -0.927. The number of nitrogens with zero attached hydrogens (tertiary/aromatic N) is 1. The Morgan fingerprint density at radius 3 is 2.65 bits per heavy atom. The molecule has 2 aromatic rings. The van der Waals surface area contributed by atoms with E-state index in [2.05, 4.69) is 9.71 Å². The maximum atomic E-state index is 12.3. The molecule has 0 aliphatic rings. The van der Waals surface area contributed by atoms with E-state index < -0.39 is 15.9 Å². The quantitative estimate of drug-likeness (QED) is 0.834. The Kier molecular flexibility index (Phi) is 4.93. The molecule has 0 spiro atoms. The number of H-pyrrole nitrogens is 1. The number of amides is 1. The van der Waals surface area contributed by atoms with Crippen LogP contribution in [0.15, 0.2) is 27.9 Å². The van der Waals surface area contributed by atoms with Gasteiger partial charge in [-0.05, 0) is 31.0 Å². The van der Waals surface area contributed by atoms with Crippen molar-refractivity contribution in [2.45, 2.75) is 45.1 Å². The lowest BCUT2D eigenvalue weighted by molar-refractivity contribution is -0.122. The van der Waals surface area contributed by atoms with Crippen LogP contribution in [0, 0.1) is 5.92 Å². The first-order valence-corrected chi connectivity index (χ1v) is 9.07. The summed E-state index contributed by atoms with van der Waals surface area (Å²) in [5, 5.41) is 0. The molecule has 1 atom stereocenters. The van der Waals surface area contributed by atoms with Crippen LogP contribution in [0.5, 0.6) is 0 Å². The lowest BCUT2D eigenvalue weighted by Gasteiger charge is -2.11. The normalized spacial score (nSPS) is 13.2. The van der Waals surface area contributed by atoms with Crippen LogP contribution < -0.4 is 10.4 Å². The van der Waals surface area contributed by atoms with Crippen LogP contribution in [0.3, 0.4) is 0 Å². The highest BCUT2D eigenvalue weighted by atomic mass is 32.2. The standard InChI is InChI=1S/C15H21N3O4S/c1-4-8-18-13-7-6-11(9-12(13)16-15(18)20)23(21,22)17-14(19)10(3)5-2/h6-7,9-10H,4-5,8H2,1-3H3,(H,16,20)(H,17,19). The first kappa shape index (κ1) is 17.3. The van der Waals surface area contributed by atoms with Gasteiger partial charge < -0.3 is 4.98 Å². The van der Waals surface area contributed by atoms with Crippen molar-refractivity contribution >= 4 is 27.0 Å². The average Bonchev–Trinajstić information content (AvgIpc) is 2.81. The summed E-state index contributed by atoms with van der Waals surface area (Å²) in [6.45, 7) is 5.98. The van der Waals surface area contributed by atoms with Crippen molar-refractivity contribution < 1.29 is 13.2 Å². The summed E-state index contributed by atoms with van der Waals surface area (Å²) in [7, 11) is -3.95. The zero-order valence-corrected chi connectivity index (χ0v) is 14.2. The number of aryl methyl sites for hydroxylation is 1. The number of sulfonamides is 1. The Balaban J connectivity index is 2.40. The molecule has 0 saturated carbocycles. The Morgan fingerprint density at radius 2 is 2.04 bits per heavy atom. The van der Waals surface area contributed by atoms with Gasteiger partial charge in [-0.25, -0.2) is 17.9 Å². The van der Waals surface area contributed by atoms with Crippen molar-refractivity contribution in [1.82, 2.24) is 14.3 Å². The largest absolute Gasteiger partial charge is 0.326 e. The predicted octanol–water partition coefficient (Wildman–Crippen LogP) is 1.59. The van der Waals surface area contributed by atoms with Crippen LogP contribution in [0.4, 0.5) is 0 Å². The second-order valence-corrected chi connectivity index (χ2v) is 7.22. The minimum atomic E-state index is -3.95. The maximum absolute atomic E-state index is 12.3. The second-order valence-electron chi connectivity index (χ2n) is 5.54. The molecule has 0 fully saturated rings. The maximum Gasteiger partial charge on any atom is 0.326 e. The number of aromatic amines is 1. The SMILES string of the molecule is CCCn1c(=O)[nH]c2cc(S(=O)(=O)NC(=O)C(C)CC)ccc21. The van der Waals surface area contributed by atoms with Crippen molar-refractivity contribution in [3.63, 3.8) is 0 Å². The molecule has 1 aromatic heterocycles. The highest BCUT2D eigenvalue weighted by molar-refractivity contribution is 7.90. The fraction of sp³-hybridized carbons (Fsp3) is 0.467. The monoisotopic (exact) mass is 339 g/mol. The molecule has 2 N–H and O–H groups in total. The second kappa shape index (κ2) is 6.57. The molecule has 0 aliphatic heterocycles. The van der Waals surface area contributed by atoms with E-state index in [1.54, 1.807) is 17.6 Å². The highest BCUT2D eigenvalue weighted by Crippen LogP contribution is 2.17. The molecule has 1 amide bonds. The number of rotatable bonds is 6. The predicted molar refractivity (Wildman–Crippen MR) is 87.6 cm³/mol. The van der Waals surface area contributed by atoms with Gasteiger partial charge in [0.05, 0.1) is 15.9 Å². The summed E-state index contributed by atoms with van der Waals surface area (Å²) in [5.41, 5.74) is 0.798. The molecule has 0 saturated heterocycles. The summed E-state index contributed by atoms with van der Waals surface area (Å²) >= 11 is 0. The van der Waals surface area contributed by atoms with E-state index in [-0.39, 0.29) is 16.5 Å². The van der Waals surface area contributed by atoms with Crippen LogP contribution in [0.25, 0.3) is 11.0 Å². The van der Waals surface area contributed by atoms with E-state index in [0.29, 0.717) is 24.0 Å². The van der Waals surface area contributed by atoms with E-state index in [1.807, 2.05) is 13.8 Å². The van der Waals surface area contributed by atoms with E-state index in [0.717, 1.165) is 6.42 Å². The number of nitrogens with one attached hydrogen (secondary N) is 2. The molecule has 2 rings (SSSR count). The number of fused-ring (bicyclic) bond motifs is 1. The van der Waals surface area contributed by atoms with E-state index >= 15 is 0 Å². The van der Waals surface area contributed by atoms with Gasteiger partial charge in [0.1, 0.15) is 0 Å². The van der Waals surface area contributed by atoms with Crippen molar-refractivity contribution in [1.29, 1.82) is 0 Å². The smallest absolute Gasteiger partial charge is 0.305 e. The van der Waals surface area contributed by atoms with Gasteiger partial charge in [0.15, 0.2) is 0 Å². The molecule has 0 radical (unpaired) electrons. The molecule has 126 valence electrons. The van der Waals surface area contributed by atoms with Crippen molar-refractivity contribution in [2.24, 2.45) is 5.92 Å². The summed E-state index contributed by atoms with van der Waals surface area (Å²) in [6, 6.07) is 4.34. The summed E-state index contributed by atoms with van der Waals surface area (Å²) in [4.78, 5) is 26.3. The third kappa shape index (κ3) is 3.47. The van der Waals surface area contributed by atoms with Crippen LogP contribution >= 0.6 is 0 Å². The van der Waals surface area contributed by atoms with Crippen molar-refractivity contribution in [3.8, 4) is 0 Å². The Labute approximate surface area is 134 Å². The van der Waals surface area contributed by atoms with Gasteiger partial charge in [-0.3, -0.25) is 9.36 Å². The molecular weight excluding hydrogens is 318 g/mol. The van der Waals surface area contributed by atoms with Gasteiger partial charge in [-0.1, -0.05) is 20.8 Å². The topological polar surface area (TPSA) is 101 Å². The molecule has 0 bridgehead atoms. The Hall–Kier alpha value is -2.09. The summed E-state index contributed by atoms with van der Waals surface area (Å²) in [6.07, 6.45) is 1.34. The van der Waals surface area contributed by atoms with Gasteiger partial charge in [0.2, 0.25) is 5.91 Å². The minimum Gasteiger partial charge on any atom is -0.305 e. The van der Waals surface area contributed by atoms with Crippen molar-refractivity contribution in [2.75, 3.05) is 0 Å². The molecule has 1 unspecified atom stereocenters. The molecule has 23 heavy (non-hydrogen) atoms. The highest BCUT2D eigenvalue weighted by Gasteiger charge is 2.21. The fourth-order valence-corrected chi connectivity index (χ4v) is 3.34. The van der Waals surface area contributed by atoms with Gasteiger partial charge >= 0.3 is 5.69 Å². The van der Waals surface area contributed by atoms with Gasteiger partial charge in [0, 0.05) is 12.5 Å². The summed E-state index contributed by atoms with van der Waals surface area (Å²) < 4.78 is 28.2. The number of carbonyl (C=O) groups is 1. The van der Waals surface area contributed by atoms with Crippen LogP contribution in [-0.2, 0) is 21.4 Å². The van der Waals surface area contributed by atoms with Gasteiger partial charge in [-0.15, -0.1) is 0 Å². The number of hydrogen-bond donors (Lipinski definition) is 2. The third-order valence-corrected chi connectivity index (χ3v) is 5.14. The van der Waals surface area contributed by atoms with Crippen molar-refractivity contribution in [3.05, 3.63) is 28.7 Å². The first-order chi connectivity index (χ1) is 10.8. The van der Waals surface area contributed by atoms with Gasteiger partial charge in [-0.2, -0.15) is 0 Å². The van der Waals surface area contributed by atoms with E-state index in [9.17, 15) is 18.0 Å². The van der Waals surface area contributed by atoms with Gasteiger partial charge in [0.25, 0.3) is 10.0 Å². The molecule has 1 heterocycles. The first-order valence-electron chi connectivity index (χ1n) is 7.59. The van der Waals surface area contributed by atoms with Crippen LogP contribution in [-0.4, -0.2) is 23.9 Å².